The molecule has 0 bridgehead atoms. The molecule has 0 unspecified atom stereocenters. The molecule has 0 aliphatic carbocycles. The summed E-state index contributed by atoms with van der Waals surface area (Å²) in [6.07, 6.45) is 0. The first-order chi connectivity index (χ1) is 8.76. The summed E-state index contributed by atoms with van der Waals surface area (Å²) in [5, 5.41) is 5.56. The van der Waals surface area contributed by atoms with Gasteiger partial charge in [-0.1, -0.05) is 6.07 Å². The minimum atomic E-state index is -0.0577. The van der Waals surface area contributed by atoms with Crippen LogP contribution < -0.4 is 15.4 Å². The lowest BCUT2D eigenvalue weighted by atomic mass is 10.3. The van der Waals surface area contributed by atoms with E-state index >= 15 is 0 Å². The number of hydrogen-bond acceptors (Lipinski definition) is 4. The molecule has 1 aromatic rings. The summed E-state index contributed by atoms with van der Waals surface area (Å²) in [6.45, 7) is 3.98. The highest BCUT2D eigenvalue weighted by atomic mass is 16.5. The molecule has 0 heterocycles. The van der Waals surface area contributed by atoms with Crippen molar-refractivity contribution in [1.29, 1.82) is 0 Å². The minimum absolute atomic E-state index is 0.0577. The highest BCUT2D eigenvalue weighted by Crippen LogP contribution is 2.16. The van der Waals surface area contributed by atoms with Gasteiger partial charge in [-0.05, 0) is 19.1 Å². The molecule has 1 aromatic carbocycles. The van der Waals surface area contributed by atoms with Gasteiger partial charge < -0.3 is 20.1 Å². The number of rotatable bonds is 8. The Balaban J connectivity index is 2.39. The number of carbonyl (C=O) groups is 1. The van der Waals surface area contributed by atoms with E-state index in [4.69, 9.17) is 9.47 Å². The molecule has 0 aliphatic rings. The van der Waals surface area contributed by atoms with Crippen LogP contribution in [0.15, 0.2) is 24.3 Å². The van der Waals surface area contributed by atoms with Crippen molar-refractivity contribution in [3.05, 3.63) is 24.3 Å². The van der Waals surface area contributed by atoms with Crippen LogP contribution >= 0.6 is 0 Å². The van der Waals surface area contributed by atoms with E-state index in [1.54, 1.807) is 7.05 Å². The van der Waals surface area contributed by atoms with Crippen LogP contribution in [0.25, 0.3) is 0 Å². The Morgan fingerprint density at radius 2 is 2.17 bits per heavy atom. The van der Waals surface area contributed by atoms with Crippen molar-refractivity contribution in [2.75, 3.05) is 38.7 Å². The third-order valence-electron chi connectivity index (χ3n) is 2.27. The fourth-order valence-corrected chi connectivity index (χ4v) is 1.33. The van der Waals surface area contributed by atoms with Gasteiger partial charge in [0.1, 0.15) is 12.4 Å². The number of ether oxygens (including phenoxy) is 2. The molecule has 1 rings (SSSR count). The molecular weight excluding hydrogens is 232 g/mol. The summed E-state index contributed by atoms with van der Waals surface area (Å²) in [4.78, 5) is 11.1. The summed E-state index contributed by atoms with van der Waals surface area (Å²) in [6, 6.07) is 7.49. The number of amides is 1. The maximum Gasteiger partial charge on any atom is 0.239 e. The van der Waals surface area contributed by atoms with Gasteiger partial charge in [-0.25, -0.2) is 0 Å². The molecule has 0 spiro atoms. The fraction of sp³-hybridized carbons (Fsp3) is 0.462. The van der Waals surface area contributed by atoms with E-state index in [0.717, 1.165) is 11.4 Å². The number of likely N-dealkylation sites (N-methyl/N-ethyl adjacent to an activating group) is 1. The number of hydrogen-bond donors (Lipinski definition) is 2. The molecule has 100 valence electrons. The largest absolute Gasteiger partial charge is 0.491 e. The zero-order valence-corrected chi connectivity index (χ0v) is 10.9. The van der Waals surface area contributed by atoms with Crippen molar-refractivity contribution in [1.82, 2.24) is 5.32 Å². The van der Waals surface area contributed by atoms with E-state index in [1.165, 1.54) is 0 Å². The normalized spacial score (nSPS) is 9.89. The first-order valence-electron chi connectivity index (χ1n) is 6.01. The summed E-state index contributed by atoms with van der Waals surface area (Å²) in [7, 11) is 1.61. The van der Waals surface area contributed by atoms with Crippen LogP contribution in [0.2, 0.25) is 0 Å². The monoisotopic (exact) mass is 252 g/mol. The van der Waals surface area contributed by atoms with Gasteiger partial charge in [0.15, 0.2) is 0 Å². The van der Waals surface area contributed by atoms with Gasteiger partial charge in [0.2, 0.25) is 5.91 Å². The predicted molar refractivity (Wildman–Crippen MR) is 71.0 cm³/mol. The average molecular weight is 252 g/mol. The second-order valence-electron chi connectivity index (χ2n) is 3.60. The molecule has 5 nitrogen and oxygen atoms in total. The quantitative estimate of drug-likeness (QED) is 0.684. The van der Waals surface area contributed by atoms with Crippen molar-refractivity contribution in [2.24, 2.45) is 0 Å². The van der Waals surface area contributed by atoms with Gasteiger partial charge in [0.25, 0.3) is 0 Å². The van der Waals surface area contributed by atoms with E-state index in [2.05, 4.69) is 10.6 Å². The van der Waals surface area contributed by atoms with Crippen LogP contribution in [0, 0.1) is 0 Å². The molecule has 0 radical (unpaired) electrons. The van der Waals surface area contributed by atoms with Crippen molar-refractivity contribution >= 4 is 11.6 Å². The smallest absolute Gasteiger partial charge is 0.239 e. The van der Waals surface area contributed by atoms with Crippen LogP contribution in [0.4, 0.5) is 5.69 Å². The Bertz CT molecular complexity index is 369. The minimum Gasteiger partial charge on any atom is -0.491 e. The fourth-order valence-electron chi connectivity index (χ4n) is 1.33. The highest BCUT2D eigenvalue weighted by molar-refractivity contribution is 5.80. The molecule has 0 fully saturated rings. The van der Waals surface area contributed by atoms with Crippen LogP contribution in [0.1, 0.15) is 6.92 Å². The molecule has 0 atom stereocenters. The Labute approximate surface area is 107 Å². The molecule has 0 aromatic heterocycles. The molecule has 0 saturated heterocycles. The number of nitrogens with one attached hydrogen (secondary N) is 2. The Morgan fingerprint density at radius 1 is 1.33 bits per heavy atom. The van der Waals surface area contributed by atoms with Gasteiger partial charge in [0.05, 0.1) is 13.2 Å². The molecule has 2 N–H and O–H groups in total. The third kappa shape index (κ3) is 5.54. The molecular formula is C13H20N2O3. The van der Waals surface area contributed by atoms with Crippen LogP contribution in [-0.4, -0.2) is 39.3 Å². The standard InChI is InChI=1S/C13H20N2O3/c1-3-17-7-8-18-12-6-4-5-11(9-12)15-10-13(16)14-2/h4-6,9,15H,3,7-8,10H2,1-2H3,(H,14,16). The molecule has 5 heteroatoms. The molecule has 0 saturated carbocycles. The van der Waals surface area contributed by atoms with Crippen molar-refractivity contribution < 1.29 is 14.3 Å². The zero-order chi connectivity index (χ0) is 13.2. The second-order valence-corrected chi connectivity index (χ2v) is 3.60. The van der Waals surface area contributed by atoms with Gasteiger partial charge in [0, 0.05) is 25.4 Å². The lowest BCUT2D eigenvalue weighted by Crippen LogP contribution is -2.26. The van der Waals surface area contributed by atoms with Gasteiger partial charge in [-0.15, -0.1) is 0 Å². The number of carbonyl (C=O) groups excluding carboxylic acids is 1. The van der Waals surface area contributed by atoms with Crippen molar-refractivity contribution in [2.45, 2.75) is 6.92 Å². The van der Waals surface area contributed by atoms with E-state index in [9.17, 15) is 4.79 Å². The van der Waals surface area contributed by atoms with Crippen molar-refractivity contribution in [3.8, 4) is 5.75 Å². The lowest BCUT2D eigenvalue weighted by molar-refractivity contribution is -0.118. The van der Waals surface area contributed by atoms with Crippen LogP contribution in [0.3, 0.4) is 0 Å². The SMILES string of the molecule is CCOCCOc1cccc(NCC(=O)NC)c1. The summed E-state index contributed by atoms with van der Waals surface area (Å²) in [5.41, 5.74) is 0.854. The van der Waals surface area contributed by atoms with Gasteiger partial charge in [-0.2, -0.15) is 0 Å². The maximum absolute atomic E-state index is 11.1. The van der Waals surface area contributed by atoms with Crippen molar-refractivity contribution in [3.63, 3.8) is 0 Å². The zero-order valence-electron chi connectivity index (χ0n) is 10.9. The third-order valence-corrected chi connectivity index (χ3v) is 2.27. The van der Waals surface area contributed by atoms with Crippen LogP contribution in [-0.2, 0) is 9.53 Å². The maximum atomic E-state index is 11.1. The van der Waals surface area contributed by atoms with E-state index in [1.807, 2.05) is 31.2 Å². The Morgan fingerprint density at radius 3 is 2.89 bits per heavy atom. The first-order valence-corrected chi connectivity index (χ1v) is 6.01. The predicted octanol–water partition coefficient (Wildman–Crippen LogP) is 1.26. The van der Waals surface area contributed by atoms with Gasteiger partial charge in [-0.3, -0.25) is 4.79 Å². The number of anilines is 1. The summed E-state index contributed by atoms with van der Waals surface area (Å²) < 4.78 is 10.7. The second kappa shape index (κ2) is 8.36. The van der Waals surface area contributed by atoms with E-state index in [-0.39, 0.29) is 12.5 Å². The van der Waals surface area contributed by atoms with Gasteiger partial charge >= 0.3 is 0 Å². The van der Waals surface area contributed by atoms with Crippen LogP contribution in [0.5, 0.6) is 5.75 Å². The molecule has 18 heavy (non-hydrogen) atoms. The Hall–Kier alpha value is -1.75. The lowest BCUT2D eigenvalue weighted by Gasteiger charge is -2.09. The molecule has 0 aliphatic heterocycles. The highest BCUT2D eigenvalue weighted by Gasteiger charge is 1.99. The van der Waals surface area contributed by atoms with E-state index in [0.29, 0.717) is 19.8 Å². The Kier molecular flexibility index (Phi) is 6.64. The summed E-state index contributed by atoms with van der Waals surface area (Å²) >= 11 is 0. The summed E-state index contributed by atoms with van der Waals surface area (Å²) in [5.74, 6) is 0.703. The topological polar surface area (TPSA) is 59.6 Å². The molecule has 1 amide bonds. The van der Waals surface area contributed by atoms with E-state index < -0.39 is 0 Å². The number of benzene rings is 1. The average Bonchev–Trinajstić information content (AvgIpc) is 2.41. The first kappa shape index (κ1) is 14.3.